The van der Waals surface area contributed by atoms with Crippen molar-refractivity contribution in [2.75, 3.05) is 19.7 Å². The van der Waals surface area contributed by atoms with Gasteiger partial charge in [-0.3, -0.25) is 14.9 Å². The number of amides is 1. The quantitative estimate of drug-likeness (QED) is 0.602. The van der Waals surface area contributed by atoms with E-state index in [-0.39, 0.29) is 17.7 Å². The van der Waals surface area contributed by atoms with E-state index in [1.54, 1.807) is 24.0 Å². The van der Waals surface area contributed by atoms with E-state index in [1.165, 1.54) is 6.07 Å². The summed E-state index contributed by atoms with van der Waals surface area (Å²) in [5.74, 6) is -0.170. The summed E-state index contributed by atoms with van der Waals surface area (Å²) in [4.78, 5) is 24.5. The van der Waals surface area contributed by atoms with Crippen LogP contribution in [0.25, 0.3) is 0 Å². The third-order valence-electron chi connectivity index (χ3n) is 3.26. The molecule has 1 unspecified atom stereocenters. The first-order chi connectivity index (χ1) is 9.00. The van der Waals surface area contributed by atoms with Crippen molar-refractivity contribution in [2.24, 2.45) is 0 Å². The molecule has 1 aromatic carbocycles. The molecule has 0 saturated carbocycles. The number of benzene rings is 1. The molecule has 1 aromatic rings. The van der Waals surface area contributed by atoms with Gasteiger partial charge in [0.25, 0.3) is 11.6 Å². The van der Waals surface area contributed by atoms with E-state index in [2.05, 4.69) is 0 Å². The second-order valence-corrected chi connectivity index (χ2v) is 4.64. The van der Waals surface area contributed by atoms with E-state index < -0.39 is 4.92 Å². The van der Waals surface area contributed by atoms with Crippen LogP contribution in [0.5, 0.6) is 0 Å². The predicted molar refractivity (Wildman–Crippen MR) is 69.2 cm³/mol. The van der Waals surface area contributed by atoms with Gasteiger partial charge >= 0.3 is 0 Å². The van der Waals surface area contributed by atoms with Crippen molar-refractivity contribution in [2.45, 2.75) is 20.0 Å². The minimum absolute atomic E-state index is 0.00305. The molecule has 1 heterocycles. The maximum Gasteiger partial charge on any atom is 0.273 e. The summed E-state index contributed by atoms with van der Waals surface area (Å²) in [7, 11) is 0. The molecule has 1 fully saturated rings. The smallest absolute Gasteiger partial charge is 0.273 e. The summed E-state index contributed by atoms with van der Waals surface area (Å²) in [5, 5.41) is 10.9. The Hall–Kier alpha value is -1.95. The number of hydrogen-bond acceptors (Lipinski definition) is 4. The SMILES string of the molecule is Cc1c(C(=O)N2CCOC(C)C2)cccc1[N+](=O)[O-]. The second-order valence-electron chi connectivity index (χ2n) is 4.64. The lowest BCUT2D eigenvalue weighted by atomic mass is 10.1. The molecule has 0 spiro atoms. The van der Waals surface area contributed by atoms with Gasteiger partial charge in [0.2, 0.25) is 0 Å². The zero-order valence-electron chi connectivity index (χ0n) is 11.0. The minimum atomic E-state index is -0.464. The van der Waals surface area contributed by atoms with Gasteiger partial charge in [0.05, 0.1) is 17.6 Å². The topological polar surface area (TPSA) is 72.7 Å². The molecule has 6 nitrogen and oxygen atoms in total. The lowest BCUT2D eigenvalue weighted by molar-refractivity contribution is -0.385. The van der Waals surface area contributed by atoms with Gasteiger partial charge in [-0.25, -0.2) is 0 Å². The third-order valence-corrected chi connectivity index (χ3v) is 3.26. The zero-order valence-corrected chi connectivity index (χ0v) is 11.0. The molecule has 0 N–H and O–H groups in total. The summed E-state index contributed by atoms with van der Waals surface area (Å²) in [6, 6.07) is 4.58. The van der Waals surface area contributed by atoms with E-state index in [0.717, 1.165) is 0 Å². The normalized spacial score (nSPS) is 19.3. The van der Waals surface area contributed by atoms with Crippen LogP contribution in [-0.4, -0.2) is 41.5 Å². The van der Waals surface area contributed by atoms with Crippen molar-refractivity contribution in [1.82, 2.24) is 4.90 Å². The number of morpholine rings is 1. The van der Waals surface area contributed by atoms with Crippen LogP contribution in [0.3, 0.4) is 0 Å². The number of ether oxygens (including phenoxy) is 1. The van der Waals surface area contributed by atoms with Crippen LogP contribution >= 0.6 is 0 Å². The standard InChI is InChI=1S/C13H16N2O4/c1-9-8-14(6-7-19-9)13(16)11-4-3-5-12(10(11)2)15(17)18/h3-5,9H,6-8H2,1-2H3. The van der Waals surface area contributed by atoms with Crippen LogP contribution in [0, 0.1) is 17.0 Å². The molecular formula is C13H16N2O4. The fourth-order valence-corrected chi connectivity index (χ4v) is 2.23. The van der Waals surface area contributed by atoms with Crippen LogP contribution in [-0.2, 0) is 4.74 Å². The molecule has 0 radical (unpaired) electrons. The first kappa shape index (κ1) is 13.5. The molecule has 1 aliphatic heterocycles. The average Bonchev–Trinajstić information content (AvgIpc) is 2.38. The van der Waals surface area contributed by atoms with Crippen molar-refractivity contribution in [3.05, 3.63) is 39.4 Å². The Morgan fingerprint density at radius 2 is 2.26 bits per heavy atom. The number of nitrogens with zero attached hydrogens (tertiary/aromatic N) is 2. The van der Waals surface area contributed by atoms with Gasteiger partial charge < -0.3 is 9.64 Å². The number of carbonyl (C=O) groups is 1. The van der Waals surface area contributed by atoms with Crippen LogP contribution in [0.1, 0.15) is 22.8 Å². The Kier molecular flexibility index (Phi) is 3.80. The highest BCUT2D eigenvalue weighted by Gasteiger charge is 2.25. The Balaban J connectivity index is 2.28. The monoisotopic (exact) mass is 264 g/mol. The summed E-state index contributed by atoms with van der Waals surface area (Å²) in [5.41, 5.74) is 0.784. The summed E-state index contributed by atoms with van der Waals surface area (Å²) >= 11 is 0. The van der Waals surface area contributed by atoms with Crippen molar-refractivity contribution < 1.29 is 14.5 Å². The Bertz CT molecular complexity index is 515. The van der Waals surface area contributed by atoms with Gasteiger partial charge in [-0.05, 0) is 19.9 Å². The molecule has 0 aromatic heterocycles. The molecule has 102 valence electrons. The zero-order chi connectivity index (χ0) is 14.0. The van der Waals surface area contributed by atoms with Crippen molar-refractivity contribution in [3.8, 4) is 0 Å². The van der Waals surface area contributed by atoms with Gasteiger partial charge in [-0.2, -0.15) is 0 Å². The highest BCUT2D eigenvalue weighted by molar-refractivity contribution is 5.96. The minimum Gasteiger partial charge on any atom is -0.375 e. The largest absolute Gasteiger partial charge is 0.375 e. The summed E-state index contributed by atoms with van der Waals surface area (Å²) < 4.78 is 5.38. The van der Waals surface area contributed by atoms with Gasteiger partial charge in [-0.15, -0.1) is 0 Å². The lowest BCUT2D eigenvalue weighted by Gasteiger charge is -2.31. The Morgan fingerprint density at radius 3 is 2.89 bits per heavy atom. The summed E-state index contributed by atoms with van der Waals surface area (Å²) in [6.07, 6.45) is -0.00305. The van der Waals surface area contributed by atoms with E-state index >= 15 is 0 Å². The van der Waals surface area contributed by atoms with Gasteiger partial charge in [0.15, 0.2) is 0 Å². The molecule has 1 atom stereocenters. The number of nitro benzene ring substituents is 1. The number of rotatable bonds is 2. The maximum atomic E-state index is 12.4. The first-order valence-electron chi connectivity index (χ1n) is 6.15. The molecule has 0 aliphatic carbocycles. The van der Waals surface area contributed by atoms with Gasteiger partial charge in [0, 0.05) is 30.3 Å². The van der Waals surface area contributed by atoms with Crippen molar-refractivity contribution >= 4 is 11.6 Å². The molecule has 1 amide bonds. The van der Waals surface area contributed by atoms with E-state index in [0.29, 0.717) is 30.8 Å². The highest BCUT2D eigenvalue weighted by atomic mass is 16.6. The molecule has 19 heavy (non-hydrogen) atoms. The van der Waals surface area contributed by atoms with Gasteiger partial charge in [0.1, 0.15) is 0 Å². The molecule has 1 aliphatic rings. The van der Waals surface area contributed by atoms with E-state index in [1.807, 2.05) is 6.92 Å². The van der Waals surface area contributed by atoms with Crippen LogP contribution < -0.4 is 0 Å². The Labute approximate surface area is 111 Å². The molecular weight excluding hydrogens is 248 g/mol. The highest BCUT2D eigenvalue weighted by Crippen LogP contribution is 2.22. The summed E-state index contributed by atoms with van der Waals surface area (Å²) in [6.45, 7) is 5.04. The fraction of sp³-hybridized carbons (Fsp3) is 0.462. The van der Waals surface area contributed by atoms with Crippen molar-refractivity contribution in [1.29, 1.82) is 0 Å². The molecule has 2 rings (SSSR count). The van der Waals surface area contributed by atoms with E-state index in [9.17, 15) is 14.9 Å². The average molecular weight is 264 g/mol. The third kappa shape index (κ3) is 2.73. The molecule has 1 saturated heterocycles. The number of hydrogen-bond donors (Lipinski definition) is 0. The van der Waals surface area contributed by atoms with E-state index in [4.69, 9.17) is 4.74 Å². The second kappa shape index (κ2) is 5.36. The Morgan fingerprint density at radius 1 is 1.53 bits per heavy atom. The van der Waals surface area contributed by atoms with Crippen LogP contribution in [0.15, 0.2) is 18.2 Å². The maximum absolute atomic E-state index is 12.4. The molecule has 6 heteroatoms. The predicted octanol–water partition coefficient (Wildman–Crippen LogP) is 1.76. The lowest BCUT2D eigenvalue weighted by Crippen LogP contribution is -2.44. The van der Waals surface area contributed by atoms with Crippen LogP contribution in [0.4, 0.5) is 5.69 Å². The van der Waals surface area contributed by atoms with Crippen LogP contribution in [0.2, 0.25) is 0 Å². The molecule has 0 bridgehead atoms. The first-order valence-corrected chi connectivity index (χ1v) is 6.15. The van der Waals surface area contributed by atoms with Crippen molar-refractivity contribution in [3.63, 3.8) is 0 Å². The number of carbonyl (C=O) groups excluding carboxylic acids is 1. The van der Waals surface area contributed by atoms with Gasteiger partial charge in [-0.1, -0.05) is 6.07 Å². The number of nitro groups is 1. The fourth-order valence-electron chi connectivity index (χ4n) is 2.23.